The Labute approximate surface area is 237 Å². The van der Waals surface area contributed by atoms with Gasteiger partial charge in [0.1, 0.15) is 28.6 Å². The van der Waals surface area contributed by atoms with E-state index in [2.05, 4.69) is 30.0 Å². The highest BCUT2D eigenvalue weighted by Gasteiger charge is 2.44. The van der Waals surface area contributed by atoms with E-state index in [0.717, 1.165) is 38.5 Å². The molecule has 1 saturated carbocycles. The van der Waals surface area contributed by atoms with Gasteiger partial charge in [-0.15, -0.1) is 18.3 Å². The molecule has 0 radical (unpaired) electrons. The molecule has 7 rings (SSSR count). The van der Waals surface area contributed by atoms with Crippen LogP contribution in [0.3, 0.4) is 0 Å². The molecule has 2 bridgehead atoms. The number of alkyl halides is 3. The predicted molar refractivity (Wildman–Crippen MR) is 141 cm³/mol. The van der Waals surface area contributed by atoms with Gasteiger partial charge in [0.25, 0.3) is 5.89 Å². The molecule has 218 valence electrons. The van der Waals surface area contributed by atoms with Crippen molar-refractivity contribution in [3.05, 3.63) is 59.5 Å². The summed E-state index contributed by atoms with van der Waals surface area (Å²) in [6.45, 7) is 0.165. The van der Waals surface area contributed by atoms with Crippen molar-refractivity contribution in [2.24, 2.45) is 0 Å². The van der Waals surface area contributed by atoms with E-state index in [4.69, 9.17) is 13.7 Å². The minimum Gasteiger partial charge on any atom is -0.405 e. The number of fused-ring (bicyclic) bond motifs is 2. The molecule has 0 N–H and O–H groups in total. The van der Waals surface area contributed by atoms with Gasteiger partial charge in [-0.2, -0.15) is 0 Å². The number of rotatable bonds is 9. The number of hydrogen-bond acceptors (Lipinski definition) is 10. The monoisotopic (exact) mass is 581 g/mol. The van der Waals surface area contributed by atoms with Crippen LogP contribution in [-0.4, -0.2) is 51.2 Å². The highest BCUT2D eigenvalue weighted by molar-refractivity contribution is 5.73. The van der Waals surface area contributed by atoms with Crippen molar-refractivity contribution >= 4 is 12.3 Å². The number of ether oxygens (including phenoxy) is 2. The number of aromatic nitrogens is 4. The molecule has 4 aromatic rings. The van der Waals surface area contributed by atoms with Crippen LogP contribution in [0.15, 0.2) is 51.4 Å². The maximum atomic E-state index is 13.1. The largest absolute Gasteiger partial charge is 0.573 e. The van der Waals surface area contributed by atoms with E-state index < -0.39 is 6.36 Å². The first-order chi connectivity index (χ1) is 20.4. The first kappa shape index (κ1) is 26.6. The normalized spacial score (nSPS) is 22.0. The maximum Gasteiger partial charge on any atom is 0.573 e. The predicted octanol–water partition coefficient (Wildman–Crippen LogP) is 6.09. The molecule has 2 atom stereocenters. The molecule has 3 fully saturated rings. The Morgan fingerprint density at radius 2 is 1.79 bits per heavy atom. The lowest BCUT2D eigenvalue weighted by Crippen LogP contribution is -2.45. The van der Waals surface area contributed by atoms with E-state index in [9.17, 15) is 18.0 Å². The molecule has 2 saturated heterocycles. The third-order valence-electron chi connectivity index (χ3n) is 8.03. The molecule has 2 aliphatic heterocycles. The second-order valence-corrected chi connectivity index (χ2v) is 10.8. The van der Waals surface area contributed by atoms with Crippen LogP contribution in [0.5, 0.6) is 5.75 Å². The summed E-state index contributed by atoms with van der Waals surface area (Å²) in [5.41, 5.74) is 1.89. The Kier molecular flexibility index (Phi) is 6.68. The van der Waals surface area contributed by atoms with Crippen molar-refractivity contribution in [2.45, 2.75) is 75.6 Å². The molecule has 2 unspecified atom stereocenters. The van der Waals surface area contributed by atoms with E-state index in [1.807, 2.05) is 0 Å². The number of carbonyl (C=O) groups excluding carboxylic acids is 1. The minimum absolute atomic E-state index is 0.0800. The summed E-state index contributed by atoms with van der Waals surface area (Å²) < 4.78 is 61.6. The van der Waals surface area contributed by atoms with Crippen LogP contribution in [-0.2, 0) is 11.3 Å². The van der Waals surface area contributed by atoms with Crippen molar-refractivity contribution in [1.82, 2.24) is 20.3 Å². The molecule has 0 spiro atoms. The minimum atomic E-state index is -4.84. The lowest BCUT2D eigenvalue weighted by Gasteiger charge is -2.37. The molecule has 42 heavy (non-hydrogen) atoms. The average Bonchev–Trinajstić information content (AvgIpc) is 3.44. The summed E-state index contributed by atoms with van der Waals surface area (Å²) in [5, 5.41) is 12.6. The van der Waals surface area contributed by atoms with E-state index in [1.165, 1.54) is 12.1 Å². The van der Waals surface area contributed by atoms with E-state index in [0.29, 0.717) is 35.0 Å². The van der Waals surface area contributed by atoms with Crippen LogP contribution in [0.25, 0.3) is 22.8 Å². The van der Waals surface area contributed by atoms with Crippen molar-refractivity contribution in [3.63, 3.8) is 0 Å². The molecule has 3 aliphatic rings. The fourth-order valence-electron chi connectivity index (χ4n) is 6.05. The molecule has 1 aromatic carbocycles. The van der Waals surface area contributed by atoms with Gasteiger partial charge in [0, 0.05) is 29.1 Å². The molecule has 0 amide bonds. The first-order valence-corrected chi connectivity index (χ1v) is 13.9. The Morgan fingerprint density at radius 1 is 1.00 bits per heavy atom. The summed E-state index contributed by atoms with van der Waals surface area (Å²) in [6, 6.07) is 11.6. The van der Waals surface area contributed by atoms with Crippen molar-refractivity contribution in [2.75, 3.05) is 4.90 Å². The number of halogens is 3. The zero-order chi connectivity index (χ0) is 28.8. The van der Waals surface area contributed by atoms with Gasteiger partial charge < -0.3 is 23.3 Å². The topological polar surface area (TPSA) is 117 Å². The van der Waals surface area contributed by atoms with E-state index in [1.54, 1.807) is 30.3 Å². The van der Waals surface area contributed by atoms with Crippen molar-refractivity contribution in [3.8, 4) is 28.6 Å². The first-order valence-electron chi connectivity index (χ1n) is 13.9. The van der Waals surface area contributed by atoms with Crippen LogP contribution < -0.4 is 9.64 Å². The van der Waals surface area contributed by atoms with E-state index in [-0.39, 0.29) is 53.6 Å². The van der Waals surface area contributed by atoms with Gasteiger partial charge in [-0.3, -0.25) is 4.79 Å². The van der Waals surface area contributed by atoms with Crippen LogP contribution in [0.2, 0.25) is 0 Å². The number of piperidine rings is 1. The van der Waals surface area contributed by atoms with Gasteiger partial charge in [0.15, 0.2) is 6.29 Å². The average molecular weight is 582 g/mol. The smallest absolute Gasteiger partial charge is 0.405 e. The Hall–Kier alpha value is -4.26. The highest BCUT2D eigenvalue weighted by Crippen LogP contribution is 2.46. The second-order valence-electron chi connectivity index (χ2n) is 10.8. The summed E-state index contributed by atoms with van der Waals surface area (Å²) in [7, 11) is 0. The summed E-state index contributed by atoms with van der Waals surface area (Å²) in [5.74, 6) is 0.763. The number of pyridine rings is 1. The van der Waals surface area contributed by atoms with E-state index >= 15 is 0 Å². The number of benzene rings is 1. The number of nitrogens with zero attached hydrogens (tertiary/aromatic N) is 5. The zero-order valence-electron chi connectivity index (χ0n) is 22.3. The number of carbonyl (C=O) groups is 1. The molecule has 13 heteroatoms. The number of hydrogen-bond donors (Lipinski definition) is 0. The summed E-state index contributed by atoms with van der Waals surface area (Å²) >= 11 is 0. The summed E-state index contributed by atoms with van der Waals surface area (Å²) in [4.78, 5) is 17.5. The van der Waals surface area contributed by atoms with Gasteiger partial charge in [-0.1, -0.05) is 28.5 Å². The van der Waals surface area contributed by atoms with Crippen LogP contribution >= 0.6 is 0 Å². The quantitative estimate of drug-likeness (QED) is 0.215. The summed E-state index contributed by atoms with van der Waals surface area (Å²) in [6.07, 6.45) is 0.946. The molecular formula is C29H26F3N5O5. The third-order valence-corrected chi connectivity index (χ3v) is 8.03. The van der Waals surface area contributed by atoms with Crippen molar-refractivity contribution < 1.29 is 36.4 Å². The fraction of sp³-hybridized carbons (Fsp3) is 0.414. The van der Waals surface area contributed by atoms with Crippen molar-refractivity contribution in [1.29, 1.82) is 0 Å². The lowest BCUT2D eigenvalue weighted by atomic mass is 9.99. The Balaban J connectivity index is 1.07. The van der Waals surface area contributed by atoms with Gasteiger partial charge in [0.05, 0.1) is 12.7 Å². The fourth-order valence-corrected chi connectivity index (χ4v) is 6.05. The Morgan fingerprint density at radius 3 is 2.52 bits per heavy atom. The zero-order valence-corrected chi connectivity index (χ0v) is 22.3. The molecule has 3 aromatic heterocycles. The third kappa shape index (κ3) is 5.24. The molecule has 10 nitrogen and oxygen atoms in total. The highest BCUT2D eigenvalue weighted by atomic mass is 19.4. The molecule has 5 heterocycles. The van der Waals surface area contributed by atoms with Gasteiger partial charge in [0.2, 0.25) is 0 Å². The number of para-hydroxylation sites is 1. The number of aldehydes is 1. The molecule has 1 aliphatic carbocycles. The van der Waals surface area contributed by atoms with Gasteiger partial charge in [-0.05, 0) is 62.8 Å². The maximum absolute atomic E-state index is 13.1. The van der Waals surface area contributed by atoms with Crippen LogP contribution in [0.4, 0.5) is 19.2 Å². The van der Waals surface area contributed by atoms with Crippen LogP contribution in [0, 0.1) is 0 Å². The number of anilines is 1. The lowest BCUT2D eigenvalue weighted by molar-refractivity contribution is -0.274. The van der Waals surface area contributed by atoms with Crippen LogP contribution in [0.1, 0.15) is 66.3 Å². The second kappa shape index (κ2) is 10.5. The van der Waals surface area contributed by atoms with Gasteiger partial charge in [-0.25, -0.2) is 4.98 Å². The van der Waals surface area contributed by atoms with Gasteiger partial charge >= 0.3 is 12.4 Å². The standard InChI is InChI=1S/C29H26F3N5O5/c30-29(31,32)41-24-7-2-1-5-21(24)25-22(26(42-36-25)16-8-9-16)15-39-20-12-18-10-11-19(13-20)37(18)28-35-34-27(40-28)23-6-3-4-17(14-38)33-23/h1-7,14,16,18-20H,8-13,15H2. The molecular weight excluding hydrogens is 555 g/mol. The SMILES string of the molecule is O=Cc1cccc(-c2nnc(N3C4CCC3CC(OCc3c(-c5ccccc5OC(F)(F)F)noc3C3CC3)C4)o2)n1. The Bertz CT molecular complexity index is 1590.